The lowest BCUT2D eigenvalue weighted by atomic mass is 9.68. The lowest BCUT2D eigenvalue weighted by Crippen LogP contribution is -2.45. The van der Waals surface area contributed by atoms with Crippen molar-refractivity contribution in [1.29, 1.82) is 0 Å². The number of ether oxygens (including phenoxy) is 2. The SMILES string of the molecule is CCCCCc1cc(OC(=O)CCCCCCCCC(=O)O)c2c(c1)OC(C)(C)C1CCC(C)=CC21. The van der Waals surface area contributed by atoms with Crippen molar-refractivity contribution in [2.75, 3.05) is 0 Å². The van der Waals surface area contributed by atoms with Crippen molar-refractivity contribution in [3.05, 3.63) is 34.9 Å². The quantitative estimate of drug-likeness (QED) is 0.121. The van der Waals surface area contributed by atoms with Gasteiger partial charge in [-0.15, -0.1) is 0 Å². The monoisotopic (exact) mass is 498 g/mol. The molecular formula is C31H46O5. The van der Waals surface area contributed by atoms with Crippen molar-refractivity contribution in [1.82, 2.24) is 0 Å². The van der Waals surface area contributed by atoms with Gasteiger partial charge in [-0.25, -0.2) is 0 Å². The minimum atomic E-state index is -0.728. The Hall–Kier alpha value is -2.30. The summed E-state index contributed by atoms with van der Waals surface area (Å²) in [6.45, 7) is 8.79. The van der Waals surface area contributed by atoms with E-state index in [0.717, 1.165) is 75.5 Å². The van der Waals surface area contributed by atoms with Crippen LogP contribution >= 0.6 is 0 Å². The summed E-state index contributed by atoms with van der Waals surface area (Å²) < 4.78 is 12.7. The number of aryl methyl sites for hydroxylation is 1. The van der Waals surface area contributed by atoms with Crippen molar-refractivity contribution >= 4 is 11.9 Å². The fourth-order valence-electron chi connectivity index (χ4n) is 5.79. The number of carboxylic acids is 1. The Labute approximate surface area is 217 Å². The summed E-state index contributed by atoms with van der Waals surface area (Å²) in [5.41, 5.74) is 3.36. The molecule has 1 aliphatic heterocycles. The van der Waals surface area contributed by atoms with Crippen LogP contribution in [0.15, 0.2) is 23.8 Å². The van der Waals surface area contributed by atoms with Crippen molar-refractivity contribution < 1.29 is 24.2 Å². The van der Waals surface area contributed by atoms with Gasteiger partial charge in [0.25, 0.3) is 0 Å². The van der Waals surface area contributed by atoms with Crippen LogP contribution in [0, 0.1) is 5.92 Å². The Morgan fingerprint density at radius 2 is 1.72 bits per heavy atom. The number of allylic oxidation sites excluding steroid dienone is 2. The molecule has 200 valence electrons. The molecule has 2 atom stereocenters. The second-order valence-electron chi connectivity index (χ2n) is 11.3. The predicted molar refractivity (Wildman–Crippen MR) is 144 cm³/mol. The van der Waals surface area contributed by atoms with E-state index in [0.29, 0.717) is 18.1 Å². The summed E-state index contributed by atoms with van der Waals surface area (Å²) in [6.07, 6.45) is 15.1. The third-order valence-corrected chi connectivity index (χ3v) is 7.82. The number of fused-ring (bicyclic) bond motifs is 3. The largest absolute Gasteiger partial charge is 0.487 e. The molecule has 0 saturated heterocycles. The third kappa shape index (κ3) is 7.85. The maximum atomic E-state index is 12.9. The molecule has 0 aromatic heterocycles. The maximum Gasteiger partial charge on any atom is 0.311 e. The molecule has 1 heterocycles. The van der Waals surface area contributed by atoms with Crippen LogP contribution in [0.5, 0.6) is 11.5 Å². The fraction of sp³-hybridized carbons (Fsp3) is 0.677. The minimum absolute atomic E-state index is 0.174. The van der Waals surface area contributed by atoms with E-state index in [1.54, 1.807) is 0 Å². The molecule has 2 unspecified atom stereocenters. The van der Waals surface area contributed by atoms with Gasteiger partial charge < -0.3 is 14.6 Å². The van der Waals surface area contributed by atoms with Gasteiger partial charge in [-0.05, 0) is 77.0 Å². The summed E-state index contributed by atoms with van der Waals surface area (Å²) in [5, 5.41) is 8.72. The third-order valence-electron chi connectivity index (χ3n) is 7.82. The average molecular weight is 499 g/mol. The molecule has 1 aromatic carbocycles. The second-order valence-corrected chi connectivity index (χ2v) is 11.3. The topological polar surface area (TPSA) is 72.8 Å². The Bertz CT molecular complexity index is 929. The lowest BCUT2D eigenvalue weighted by molar-refractivity contribution is -0.137. The first-order valence-corrected chi connectivity index (χ1v) is 14.2. The van der Waals surface area contributed by atoms with Gasteiger partial charge in [-0.2, -0.15) is 0 Å². The number of hydrogen-bond donors (Lipinski definition) is 1. The van der Waals surface area contributed by atoms with E-state index in [2.05, 4.69) is 45.9 Å². The molecule has 0 spiro atoms. The number of unbranched alkanes of at least 4 members (excludes halogenated alkanes) is 7. The van der Waals surface area contributed by atoms with E-state index < -0.39 is 5.97 Å². The number of carbonyl (C=O) groups is 2. The van der Waals surface area contributed by atoms with Gasteiger partial charge in [-0.3, -0.25) is 9.59 Å². The Morgan fingerprint density at radius 1 is 1.03 bits per heavy atom. The highest BCUT2D eigenvalue weighted by Crippen LogP contribution is 2.53. The van der Waals surface area contributed by atoms with Gasteiger partial charge in [-0.1, -0.05) is 57.1 Å². The number of carbonyl (C=O) groups excluding carboxylic acids is 1. The highest BCUT2D eigenvalue weighted by molar-refractivity contribution is 5.74. The van der Waals surface area contributed by atoms with Crippen LogP contribution in [-0.4, -0.2) is 22.6 Å². The summed E-state index contributed by atoms with van der Waals surface area (Å²) in [4.78, 5) is 23.5. The number of benzene rings is 1. The molecule has 5 nitrogen and oxygen atoms in total. The van der Waals surface area contributed by atoms with Crippen molar-refractivity contribution in [3.8, 4) is 11.5 Å². The molecule has 1 aliphatic carbocycles. The Balaban J connectivity index is 1.69. The second kappa shape index (κ2) is 13.3. The molecule has 1 aromatic rings. The van der Waals surface area contributed by atoms with Crippen LogP contribution in [0.1, 0.15) is 128 Å². The molecule has 2 aliphatic rings. The smallest absolute Gasteiger partial charge is 0.311 e. The highest BCUT2D eigenvalue weighted by Gasteiger charge is 2.45. The van der Waals surface area contributed by atoms with Gasteiger partial charge in [0, 0.05) is 30.2 Å². The van der Waals surface area contributed by atoms with Crippen LogP contribution in [0.2, 0.25) is 0 Å². The first-order chi connectivity index (χ1) is 17.2. The summed E-state index contributed by atoms with van der Waals surface area (Å²) in [7, 11) is 0. The molecule has 1 N–H and O–H groups in total. The predicted octanol–water partition coefficient (Wildman–Crippen LogP) is 8.14. The van der Waals surface area contributed by atoms with E-state index in [4.69, 9.17) is 14.6 Å². The summed E-state index contributed by atoms with van der Waals surface area (Å²) >= 11 is 0. The number of aliphatic carboxylic acids is 1. The fourth-order valence-corrected chi connectivity index (χ4v) is 5.79. The summed E-state index contributed by atoms with van der Waals surface area (Å²) in [6, 6.07) is 4.27. The van der Waals surface area contributed by atoms with E-state index in [-0.39, 0.29) is 23.9 Å². The molecular weight excluding hydrogens is 452 g/mol. The first kappa shape index (κ1) is 28.3. The van der Waals surface area contributed by atoms with Crippen LogP contribution in [-0.2, 0) is 16.0 Å². The first-order valence-electron chi connectivity index (χ1n) is 14.2. The van der Waals surface area contributed by atoms with E-state index in [1.165, 1.54) is 24.0 Å². The minimum Gasteiger partial charge on any atom is -0.487 e. The lowest BCUT2D eigenvalue weighted by Gasteiger charge is -2.46. The Morgan fingerprint density at radius 3 is 2.42 bits per heavy atom. The molecule has 0 bridgehead atoms. The van der Waals surface area contributed by atoms with Crippen molar-refractivity contribution in [3.63, 3.8) is 0 Å². The zero-order chi connectivity index (χ0) is 26.1. The van der Waals surface area contributed by atoms with E-state index in [9.17, 15) is 9.59 Å². The standard InChI is InChI=1S/C31H46O5/c1-5-6-11-14-23-20-26(35-29(34)16-13-10-8-7-9-12-15-28(32)33)30-24-19-22(2)17-18-25(24)31(3,4)36-27(30)21-23/h19-21,24-25H,5-18H2,1-4H3,(H,32,33). The van der Waals surface area contributed by atoms with E-state index in [1.807, 2.05) is 0 Å². The molecule has 0 amide bonds. The van der Waals surface area contributed by atoms with Crippen LogP contribution in [0.25, 0.3) is 0 Å². The zero-order valence-electron chi connectivity index (χ0n) is 22.9. The number of rotatable bonds is 14. The van der Waals surface area contributed by atoms with Crippen LogP contribution in [0.3, 0.4) is 0 Å². The van der Waals surface area contributed by atoms with Crippen molar-refractivity contribution in [2.24, 2.45) is 5.92 Å². The van der Waals surface area contributed by atoms with Crippen molar-refractivity contribution in [2.45, 2.75) is 129 Å². The molecule has 36 heavy (non-hydrogen) atoms. The number of esters is 1. The van der Waals surface area contributed by atoms with Gasteiger partial charge in [0.05, 0.1) is 0 Å². The number of hydrogen-bond acceptors (Lipinski definition) is 4. The molecule has 0 radical (unpaired) electrons. The molecule has 5 heteroatoms. The zero-order valence-corrected chi connectivity index (χ0v) is 22.9. The molecule has 3 rings (SSSR count). The van der Waals surface area contributed by atoms with Crippen LogP contribution < -0.4 is 9.47 Å². The molecule has 0 fully saturated rings. The van der Waals surface area contributed by atoms with Gasteiger partial charge in [0.15, 0.2) is 0 Å². The highest BCUT2D eigenvalue weighted by atomic mass is 16.5. The normalized spacial score (nSPS) is 20.1. The van der Waals surface area contributed by atoms with Crippen LogP contribution in [0.4, 0.5) is 0 Å². The van der Waals surface area contributed by atoms with E-state index >= 15 is 0 Å². The maximum absolute atomic E-state index is 12.9. The summed E-state index contributed by atoms with van der Waals surface area (Å²) in [5.74, 6) is 1.23. The van der Waals surface area contributed by atoms with Gasteiger partial charge >= 0.3 is 11.9 Å². The average Bonchev–Trinajstić information content (AvgIpc) is 2.80. The Kier molecular flexibility index (Phi) is 10.4. The van der Waals surface area contributed by atoms with Gasteiger partial charge in [0.2, 0.25) is 0 Å². The van der Waals surface area contributed by atoms with Gasteiger partial charge in [0.1, 0.15) is 17.1 Å². The number of carboxylic acid groups (broad SMARTS) is 1. The molecule has 0 saturated carbocycles.